The maximum absolute atomic E-state index is 12.6. The van der Waals surface area contributed by atoms with Crippen molar-refractivity contribution in [3.05, 3.63) is 64.3 Å². The van der Waals surface area contributed by atoms with Crippen LogP contribution in [0.4, 0.5) is 0 Å². The molecule has 1 saturated carbocycles. The fraction of sp³-hybridized carbons (Fsp3) is 0.286. The Labute approximate surface area is 161 Å². The number of amides is 1. The van der Waals surface area contributed by atoms with Crippen molar-refractivity contribution in [2.75, 3.05) is 13.7 Å². The number of carbonyl (C=O) groups is 1. The number of halogens is 1. The van der Waals surface area contributed by atoms with Crippen LogP contribution in [0.3, 0.4) is 0 Å². The van der Waals surface area contributed by atoms with E-state index in [1.807, 2.05) is 42.6 Å². The molecule has 1 amide bonds. The number of hydrogen-bond acceptors (Lipinski definition) is 2. The minimum atomic E-state index is 0.0169. The zero-order valence-electron chi connectivity index (χ0n) is 14.6. The lowest BCUT2D eigenvalue weighted by Crippen LogP contribution is -2.33. The molecule has 2 aromatic carbocycles. The zero-order valence-corrected chi connectivity index (χ0v) is 16.2. The van der Waals surface area contributed by atoms with Crippen LogP contribution in [0, 0.1) is 0 Å². The van der Waals surface area contributed by atoms with Crippen molar-refractivity contribution < 1.29 is 9.53 Å². The van der Waals surface area contributed by atoms with E-state index in [1.165, 1.54) is 5.56 Å². The van der Waals surface area contributed by atoms with Gasteiger partial charge < -0.3 is 15.0 Å². The first-order valence-corrected chi connectivity index (χ1v) is 9.57. The number of fused-ring (bicyclic) bond motifs is 1. The van der Waals surface area contributed by atoms with Crippen LogP contribution in [0.15, 0.2) is 53.1 Å². The molecule has 134 valence electrons. The zero-order chi connectivity index (χ0) is 18.1. The summed E-state index contributed by atoms with van der Waals surface area (Å²) in [6, 6.07) is 14.1. The predicted octanol–water partition coefficient (Wildman–Crippen LogP) is 4.33. The highest BCUT2D eigenvalue weighted by molar-refractivity contribution is 9.10. The maximum Gasteiger partial charge on any atom is 0.224 e. The molecule has 3 aromatic rings. The molecule has 0 spiro atoms. The minimum absolute atomic E-state index is 0.0169. The monoisotopic (exact) mass is 412 g/mol. The van der Waals surface area contributed by atoms with Crippen molar-refractivity contribution in [2.45, 2.75) is 24.7 Å². The third kappa shape index (κ3) is 3.12. The summed E-state index contributed by atoms with van der Waals surface area (Å²) in [6.45, 7) is 0.649. The number of rotatable bonds is 6. The van der Waals surface area contributed by atoms with Crippen LogP contribution < -0.4 is 10.1 Å². The molecule has 4 nitrogen and oxygen atoms in total. The number of nitrogens with one attached hydrogen (secondary N) is 2. The van der Waals surface area contributed by atoms with Crippen molar-refractivity contribution in [1.82, 2.24) is 10.3 Å². The van der Waals surface area contributed by atoms with Crippen LogP contribution in [0.5, 0.6) is 5.75 Å². The van der Waals surface area contributed by atoms with Crippen molar-refractivity contribution in [1.29, 1.82) is 0 Å². The molecule has 1 aromatic heterocycles. The predicted molar refractivity (Wildman–Crippen MR) is 107 cm³/mol. The van der Waals surface area contributed by atoms with Gasteiger partial charge in [-0.15, -0.1) is 0 Å². The molecule has 1 heterocycles. The van der Waals surface area contributed by atoms with E-state index in [2.05, 4.69) is 32.3 Å². The third-order valence-corrected chi connectivity index (χ3v) is 5.90. The molecule has 0 atom stereocenters. The van der Waals surface area contributed by atoms with Crippen LogP contribution in [0.25, 0.3) is 10.9 Å². The quantitative estimate of drug-likeness (QED) is 0.632. The molecule has 2 N–H and O–H groups in total. The van der Waals surface area contributed by atoms with Gasteiger partial charge in [-0.25, -0.2) is 0 Å². The van der Waals surface area contributed by atoms with Gasteiger partial charge in [0, 0.05) is 39.1 Å². The Morgan fingerprint density at radius 3 is 2.81 bits per heavy atom. The molecule has 0 aliphatic heterocycles. The average Bonchev–Trinajstić information content (AvgIpc) is 3.34. The maximum atomic E-state index is 12.6. The number of benzene rings is 2. The lowest BCUT2D eigenvalue weighted by molar-refractivity contribution is -0.120. The molecular formula is C21H21BrN2O2. The van der Waals surface area contributed by atoms with Crippen LogP contribution in [0.1, 0.15) is 24.0 Å². The Hall–Kier alpha value is -2.27. The molecule has 1 aliphatic rings. The first kappa shape index (κ1) is 17.2. The van der Waals surface area contributed by atoms with Gasteiger partial charge in [0.25, 0.3) is 0 Å². The average molecular weight is 413 g/mol. The fourth-order valence-electron chi connectivity index (χ4n) is 3.63. The number of carbonyl (C=O) groups excluding carboxylic acids is 1. The molecule has 26 heavy (non-hydrogen) atoms. The number of hydrogen-bond donors (Lipinski definition) is 2. The Bertz CT molecular complexity index is 960. The van der Waals surface area contributed by atoms with Gasteiger partial charge in [0.15, 0.2) is 0 Å². The van der Waals surface area contributed by atoms with E-state index in [1.54, 1.807) is 7.11 Å². The second-order valence-electron chi connectivity index (χ2n) is 6.91. The van der Waals surface area contributed by atoms with Crippen molar-refractivity contribution >= 4 is 32.7 Å². The summed E-state index contributed by atoms with van der Waals surface area (Å²) in [5.41, 5.74) is 3.25. The van der Waals surface area contributed by atoms with Gasteiger partial charge in [-0.1, -0.05) is 40.2 Å². The molecular weight excluding hydrogens is 392 g/mol. The first-order chi connectivity index (χ1) is 12.6. The van der Waals surface area contributed by atoms with Crippen LogP contribution in [-0.2, 0) is 16.6 Å². The van der Waals surface area contributed by atoms with Crippen LogP contribution in [0.2, 0.25) is 0 Å². The van der Waals surface area contributed by atoms with E-state index in [9.17, 15) is 4.79 Å². The topological polar surface area (TPSA) is 54.1 Å². The summed E-state index contributed by atoms with van der Waals surface area (Å²) < 4.78 is 6.51. The first-order valence-electron chi connectivity index (χ1n) is 8.78. The Kier molecular flexibility index (Phi) is 4.49. The molecule has 1 aliphatic carbocycles. The van der Waals surface area contributed by atoms with Gasteiger partial charge in [-0.3, -0.25) is 4.79 Å². The fourth-order valence-corrected chi connectivity index (χ4v) is 4.25. The van der Waals surface area contributed by atoms with Gasteiger partial charge in [-0.05, 0) is 36.6 Å². The minimum Gasteiger partial charge on any atom is -0.496 e. The van der Waals surface area contributed by atoms with E-state index < -0.39 is 0 Å². The third-order valence-electron chi connectivity index (χ3n) is 5.24. The highest BCUT2D eigenvalue weighted by atomic mass is 79.9. The van der Waals surface area contributed by atoms with E-state index in [0.29, 0.717) is 13.0 Å². The summed E-state index contributed by atoms with van der Waals surface area (Å²) in [5.74, 6) is 0.947. The summed E-state index contributed by atoms with van der Waals surface area (Å²) in [7, 11) is 1.70. The van der Waals surface area contributed by atoms with Crippen molar-refractivity contribution in [3.63, 3.8) is 0 Å². The number of aromatic nitrogens is 1. The molecule has 0 unspecified atom stereocenters. The van der Waals surface area contributed by atoms with E-state index in [4.69, 9.17) is 4.74 Å². The highest BCUT2D eigenvalue weighted by Crippen LogP contribution is 2.50. The number of para-hydroxylation sites is 1. The van der Waals surface area contributed by atoms with Gasteiger partial charge >= 0.3 is 0 Å². The largest absolute Gasteiger partial charge is 0.496 e. The van der Waals surface area contributed by atoms with Gasteiger partial charge in [-0.2, -0.15) is 0 Å². The standard InChI is InChI=1S/C21H21BrN2O2/c1-26-18-8-3-2-5-15(18)21(9-10-21)13-24-19(25)11-14-12-23-17-7-4-6-16(22)20(14)17/h2-8,12,23H,9-11,13H2,1H3,(H,24,25). The number of ether oxygens (including phenoxy) is 1. The number of aromatic amines is 1. The van der Waals surface area contributed by atoms with E-state index in [0.717, 1.165) is 39.5 Å². The van der Waals surface area contributed by atoms with Crippen LogP contribution >= 0.6 is 15.9 Å². The van der Waals surface area contributed by atoms with Crippen molar-refractivity contribution in [2.24, 2.45) is 0 Å². The summed E-state index contributed by atoms with van der Waals surface area (Å²) in [4.78, 5) is 15.8. The molecule has 1 fully saturated rings. The Morgan fingerprint density at radius 2 is 2.04 bits per heavy atom. The lowest BCUT2D eigenvalue weighted by Gasteiger charge is -2.19. The number of H-pyrrole nitrogens is 1. The molecule has 0 radical (unpaired) electrons. The molecule has 0 saturated heterocycles. The van der Waals surface area contributed by atoms with Crippen molar-refractivity contribution in [3.8, 4) is 5.75 Å². The summed E-state index contributed by atoms with van der Waals surface area (Å²) in [6.07, 6.45) is 4.44. The lowest BCUT2D eigenvalue weighted by atomic mass is 9.94. The van der Waals surface area contributed by atoms with Gasteiger partial charge in [0.2, 0.25) is 5.91 Å². The van der Waals surface area contributed by atoms with Gasteiger partial charge in [0.05, 0.1) is 13.5 Å². The van der Waals surface area contributed by atoms with E-state index >= 15 is 0 Å². The Balaban J connectivity index is 1.46. The van der Waals surface area contributed by atoms with Crippen LogP contribution in [-0.4, -0.2) is 24.5 Å². The van der Waals surface area contributed by atoms with E-state index in [-0.39, 0.29) is 11.3 Å². The summed E-state index contributed by atoms with van der Waals surface area (Å²) in [5, 5.41) is 4.21. The normalized spacial score (nSPS) is 15.0. The smallest absolute Gasteiger partial charge is 0.224 e. The number of methoxy groups -OCH3 is 1. The second kappa shape index (κ2) is 6.80. The SMILES string of the molecule is COc1ccccc1C1(CNC(=O)Cc2c[nH]c3cccc(Br)c23)CC1. The second-order valence-corrected chi connectivity index (χ2v) is 7.76. The Morgan fingerprint density at radius 1 is 1.23 bits per heavy atom. The molecule has 5 heteroatoms. The molecule has 0 bridgehead atoms. The van der Waals surface area contributed by atoms with Gasteiger partial charge in [0.1, 0.15) is 5.75 Å². The highest BCUT2D eigenvalue weighted by Gasteiger charge is 2.46. The summed E-state index contributed by atoms with van der Waals surface area (Å²) >= 11 is 3.58. The molecule has 4 rings (SSSR count).